The van der Waals surface area contributed by atoms with Crippen LogP contribution < -0.4 is 16.0 Å². The van der Waals surface area contributed by atoms with Gasteiger partial charge in [-0.1, -0.05) is 6.42 Å². The molecule has 3 atom stereocenters. The Kier molecular flexibility index (Phi) is 4.15. The van der Waals surface area contributed by atoms with Gasteiger partial charge in [0.05, 0.1) is 12.1 Å². The summed E-state index contributed by atoms with van der Waals surface area (Å²) in [5, 5.41) is 9.03. The van der Waals surface area contributed by atoms with Crippen LogP contribution in [0.5, 0.6) is 0 Å². The van der Waals surface area contributed by atoms with Gasteiger partial charge < -0.3 is 16.0 Å². The summed E-state index contributed by atoms with van der Waals surface area (Å²) in [5.41, 5.74) is 0. The normalized spacial score (nSPS) is 30.6. The van der Waals surface area contributed by atoms with E-state index >= 15 is 0 Å². The second-order valence-corrected chi connectivity index (χ2v) is 5.81. The zero-order valence-electron chi connectivity index (χ0n) is 9.99. The van der Waals surface area contributed by atoms with Crippen molar-refractivity contribution in [2.24, 2.45) is 0 Å². The highest BCUT2D eigenvalue weighted by molar-refractivity contribution is 8.00. The van der Waals surface area contributed by atoms with Crippen molar-refractivity contribution >= 4 is 23.7 Å². The maximum atomic E-state index is 11.2. The average Bonchev–Trinajstić information content (AvgIpc) is 2.84. The Labute approximate surface area is 105 Å². The van der Waals surface area contributed by atoms with E-state index in [1.807, 2.05) is 11.8 Å². The van der Waals surface area contributed by atoms with E-state index in [0.29, 0.717) is 17.7 Å². The van der Waals surface area contributed by atoms with Crippen molar-refractivity contribution < 1.29 is 9.59 Å². The summed E-state index contributed by atoms with van der Waals surface area (Å²) in [6.45, 7) is 0. The van der Waals surface area contributed by atoms with Crippen LogP contribution in [0, 0.1) is 0 Å². The molecular formula is C11H19N3O2S. The van der Waals surface area contributed by atoms with Gasteiger partial charge in [0.25, 0.3) is 0 Å². The monoisotopic (exact) mass is 257 g/mol. The second kappa shape index (κ2) is 5.62. The zero-order valence-corrected chi connectivity index (χ0v) is 10.8. The molecule has 0 aromatic rings. The molecule has 2 aliphatic rings. The number of unbranched alkanes of at least 4 members (excludes halogenated alkanes) is 1. The first kappa shape index (κ1) is 12.5. The second-order valence-electron chi connectivity index (χ2n) is 4.54. The predicted molar refractivity (Wildman–Crippen MR) is 68.0 cm³/mol. The molecule has 96 valence electrons. The van der Waals surface area contributed by atoms with Crippen LogP contribution >= 0.6 is 11.8 Å². The fraction of sp³-hybridized carbons (Fsp3) is 0.818. The van der Waals surface area contributed by atoms with Gasteiger partial charge in [-0.3, -0.25) is 4.79 Å². The van der Waals surface area contributed by atoms with Crippen LogP contribution in [0.25, 0.3) is 0 Å². The number of carbonyl (C=O) groups is 2. The molecule has 0 spiro atoms. The summed E-state index contributed by atoms with van der Waals surface area (Å²) < 4.78 is 0. The lowest BCUT2D eigenvalue weighted by atomic mass is 10.0. The van der Waals surface area contributed by atoms with Crippen molar-refractivity contribution in [3.8, 4) is 0 Å². The van der Waals surface area contributed by atoms with Crippen LogP contribution in [-0.4, -0.2) is 42.1 Å². The summed E-state index contributed by atoms with van der Waals surface area (Å²) >= 11 is 1.92. The van der Waals surface area contributed by atoms with Crippen molar-refractivity contribution in [1.29, 1.82) is 0 Å². The molecule has 2 fully saturated rings. The molecule has 3 N–H and O–H groups in total. The van der Waals surface area contributed by atoms with E-state index < -0.39 is 0 Å². The van der Waals surface area contributed by atoms with E-state index in [1.165, 1.54) is 0 Å². The van der Waals surface area contributed by atoms with Crippen molar-refractivity contribution in [3.05, 3.63) is 0 Å². The summed E-state index contributed by atoms with van der Waals surface area (Å²) in [6, 6.07) is 0.555. The summed E-state index contributed by atoms with van der Waals surface area (Å²) in [5.74, 6) is 1.11. The van der Waals surface area contributed by atoms with Crippen molar-refractivity contribution in [2.45, 2.75) is 43.0 Å². The number of hydrogen-bond donors (Lipinski definition) is 3. The molecule has 0 radical (unpaired) electrons. The first-order valence-electron chi connectivity index (χ1n) is 6.10. The lowest BCUT2D eigenvalue weighted by Crippen LogP contribution is -2.36. The molecule has 3 amide bonds. The number of fused-ring (bicyclic) bond motifs is 1. The van der Waals surface area contributed by atoms with Gasteiger partial charge in [-0.25, -0.2) is 4.79 Å². The first-order valence-corrected chi connectivity index (χ1v) is 7.15. The third-order valence-electron chi connectivity index (χ3n) is 3.36. The lowest BCUT2D eigenvalue weighted by Gasteiger charge is -2.16. The molecule has 17 heavy (non-hydrogen) atoms. The van der Waals surface area contributed by atoms with Gasteiger partial charge in [0, 0.05) is 24.5 Å². The smallest absolute Gasteiger partial charge is 0.315 e. The standard InChI is InChI=1S/C11H19N3O2S/c1-12-9(15)5-3-2-4-8-10-7(6-17-8)13-11(16)14-10/h7-8,10H,2-6H2,1H3,(H,12,15)(H2,13,14,16)/t7-,8+,10+/m1/s1. The lowest BCUT2D eigenvalue weighted by molar-refractivity contribution is -0.120. The Morgan fingerprint density at radius 2 is 2.29 bits per heavy atom. The number of carbonyl (C=O) groups excluding carboxylic acids is 2. The van der Waals surface area contributed by atoms with Crippen LogP contribution in [0.1, 0.15) is 25.7 Å². The molecule has 0 saturated carbocycles. The fourth-order valence-corrected chi connectivity index (χ4v) is 3.94. The van der Waals surface area contributed by atoms with E-state index in [-0.39, 0.29) is 18.0 Å². The SMILES string of the molecule is CNC(=O)CCCC[C@@H]1SC[C@H]2NC(=O)N[C@H]12. The number of urea groups is 1. The minimum atomic E-state index is -0.0318. The zero-order chi connectivity index (χ0) is 12.3. The van der Waals surface area contributed by atoms with Gasteiger partial charge in [-0.05, 0) is 12.8 Å². The maximum Gasteiger partial charge on any atom is 0.315 e. The molecule has 2 rings (SSSR count). The van der Waals surface area contributed by atoms with Crippen molar-refractivity contribution in [3.63, 3.8) is 0 Å². The molecule has 5 nitrogen and oxygen atoms in total. The number of hydrogen-bond acceptors (Lipinski definition) is 3. The molecule has 2 saturated heterocycles. The number of nitrogens with one attached hydrogen (secondary N) is 3. The van der Waals surface area contributed by atoms with Crippen LogP contribution in [0.3, 0.4) is 0 Å². The molecule has 0 aliphatic carbocycles. The van der Waals surface area contributed by atoms with Gasteiger partial charge in [-0.2, -0.15) is 11.8 Å². The molecule has 2 heterocycles. The van der Waals surface area contributed by atoms with Crippen molar-refractivity contribution in [2.75, 3.05) is 12.8 Å². The largest absolute Gasteiger partial charge is 0.359 e. The average molecular weight is 257 g/mol. The summed E-state index contributed by atoms with van der Waals surface area (Å²) in [4.78, 5) is 22.2. The van der Waals surface area contributed by atoms with Gasteiger partial charge in [0.2, 0.25) is 5.91 Å². The Balaban J connectivity index is 1.66. The maximum absolute atomic E-state index is 11.2. The highest BCUT2D eigenvalue weighted by atomic mass is 32.2. The minimum Gasteiger partial charge on any atom is -0.359 e. The van der Waals surface area contributed by atoms with Crippen LogP contribution in [-0.2, 0) is 4.79 Å². The Bertz CT molecular complexity index is 311. The number of amides is 3. The van der Waals surface area contributed by atoms with Crippen LogP contribution in [0.4, 0.5) is 4.79 Å². The van der Waals surface area contributed by atoms with Crippen LogP contribution in [0.2, 0.25) is 0 Å². The van der Waals surface area contributed by atoms with Gasteiger partial charge in [0.15, 0.2) is 0 Å². The summed E-state index contributed by atoms with van der Waals surface area (Å²) in [7, 11) is 1.67. The third-order valence-corrected chi connectivity index (χ3v) is 4.87. The van der Waals surface area contributed by atoms with Crippen LogP contribution in [0.15, 0.2) is 0 Å². The predicted octanol–water partition coefficient (Wildman–Crippen LogP) is 0.458. The molecule has 6 heteroatoms. The highest BCUT2D eigenvalue weighted by Gasteiger charge is 2.42. The summed E-state index contributed by atoms with van der Waals surface area (Å²) in [6.07, 6.45) is 3.65. The van der Waals surface area contributed by atoms with E-state index in [9.17, 15) is 9.59 Å². The van der Waals surface area contributed by atoms with E-state index in [2.05, 4.69) is 16.0 Å². The molecule has 0 bridgehead atoms. The molecule has 0 aromatic carbocycles. The first-order chi connectivity index (χ1) is 8.20. The Hall–Kier alpha value is -0.910. The van der Waals surface area contributed by atoms with E-state index in [1.54, 1.807) is 7.05 Å². The van der Waals surface area contributed by atoms with Gasteiger partial charge >= 0.3 is 6.03 Å². The minimum absolute atomic E-state index is 0.0318. The van der Waals surface area contributed by atoms with E-state index in [0.717, 1.165) is 25.0 Å². The quantitative estimate of drug-likeness (QED) is 0.495. The highest BCUT2D eigenvalue weighted by Crippen LogP contribution is 2.33. The Morgan fingerprint density at radius 3 is 3.06 bits per heavy atom. The molecular weight excluding hydrogens is 238 g/mol. The Morgan fingerprint density at radius 1 is 1.47 bits per heavy atom. The molecule has 0 aromatic heterocycles. The van der Waals surface area contributed by atoms with E-state index in [4.69, 9.17) is 0 Å². The topological polar surface area (TPSA) is 70.2 Å². The molecule has 0 unspecified atom stereocenters. The van der Waals surface area contributed by atoms with Gasteiger partial charge in [0.1, 0.15) is 0 Å². The third kappa shape index (κ3) is 3.06. The molecule has 2 aliphatic heterocycles. The van der Waals surface area contributed by atoms with Gasteiger partial charge in [-0.15, -0.1) is 0 Å². The van der Waals surface area contributed by atoms with Crippen molar-refractivity contribution in [1.82, 2.24) is 16.0 Å². The number of rotatable bonds is 5. The number of thioether (sulfide) groups is 1. The fourth-order valence-electron chi connectivity index (χ4n) is 2.40.